The lowest BCUT2D eigenvalue weighted by Gasteiger charge is -2.35. The Morgan fingerprint density at radius 1 is 1.14 bits per heavy atom. The highest BCUT2D eigenvalue weighted by atomic mass is 14.5. The Bertz CT molecular complexity index is 250. The van der Waals surface area contributed by atoms with Crippen LogP contribution in [-0.2, 0) is 0 Å². The molecule has 1 atom stereocenters. The van der Waals surface area contributed by atoms with Crippen LogP contribution >= 0.6 is 0 Å². The number of hydrogen-bond donors (Lipinski definition) is 0. The monoisotopic (exact) mass is 191 g/mol. The highest BCUT2D eigenvalue weighted by Crippen LogP contribution is 2.60. The Hall–Kier alpha value is -0.260. The lowest BCUT2D eigenvalue weighted by molar-refractivity contribution is 0.189. The van der Waals surface area contributed by atoms with Crippen LogP contribution in [0.1, 0.15) is 53.9 Å². The van der Waals surface area contributed by atoms with Crippen molar-refractivity contribution in [1.82, 2.24) is 0 Å². The van der Waals surface area contributed by atoms with Gasteiger partial charge in [0.2, 0.25) is 0 Å². The van der Waals surface area contributed by atoms with Gasteiger partial charge in [0, 0.05) is 0 Å². The summed E-state index contributed by atoms with van der Waals surface area (Å²) in [6.07, 6.45) is 6.51. The summed E-state index contributed by atoms with van der Waals surface area (Å²) < 4.78 is 0. The van der Waals surface area contributed by atoms with Gasteiger partial charge in [-0.1, -0.05) is 45.8 Å². The fourth-order valence-corrected chi connectivity index (χ4v) is 3.50. The first-order valence-corrected chi connectivity index (χ1v) is 5.96. The van der Waals surface area contributed by atoms with Gasteiger partial charge in [-0.25, -0.2) is 0 Å². The minimum Gasteiger partial charge on any atom is -0.0642 e. The van der Waals surface area contributed by atoms with Gasteiger partial charge in [0.1, 0.15) is 0 Å². The van der Waals surface area contributed by atoms with E-state index in [4.69, 9.17) is 0 Å². The lowest BCUT2D eigenvalue weighted by atomic mass is 9.69. The van der Waals surface area contributed by atoms with Crippen molar-refractivity contribution in [2.24, 2.45) is 16.7 Å². The van der Waals surface area contributed by atoms with E-state index in [0.717, 1.165) is 5.92 Å². The van der Waals surface area contributed by atoms with Crippen molar-refractivity contribution in [3.05, 3.63) is 17.6 Å². The van der Waals surface area contributed by atoms with Crippen molar-refractivity contribution >= 4 is 0 Å². The Kier molecular flexibility index (Phi) is 2.10. The molecule has 0 saturated carbocycles. The molecule has 0 aromatic heterocycles. The zero-order valence-electron chi connectivity index (χ0n) is 10.3. The van der Waals surface area contributed by atoms with E-state index in [-0.39, 0.29) is 0 Å². The van der Waals surface area contributed by atoms with Crippen LogP contribution in [0.4, 0.5) is 0 Å². The molecular formula is C14H23. The van der Waals surface area contributed by atoms with E-state index in [1.807, 2.05) is 0 Å². The van der Waals surface area contributed by atoms with E-state index in [9.17, 15) is 0 Å². The van der Waals surface area contributed by atoms with Crippen molar-refractivity contribution in [3.8, 4) is 0 Å². The Labute approximate surface area is 88.8 Å². The molecule has 0 saturated heterocycles. The molecule has 0 amide bonds. The maximum atomic E-state index is 2.50. The van der Waals surface area contributed by atoms with E-state index in [1.54, 1.807) is 11.1 Å². The predicted molar refractivity (Wildman–Crippen MR) is 61.9 cm³/mol. The third kappa shape index (κ3) is 1.12. The van der Waals surface area contributed by atoms with Crippen LogP contribution in [0.2, 0.25) is 0 Å². The van der Waals surface area contributed by atoms with Crippen LogP contribution in [0.25, 0.3) is 0 Å². The molecule has 0 fully saturated rings. The molecule has 79 valence electrons. The van der Waals surface area contributed by atoms with Crippen LogP contribution in [-0.4, -0.2) is 0 Å². The zero-order chi connectivity index (χ0) is 10.6. The molecule has 0 aromatic rings. The van der Waals surface area contributed by atoms with Gasteiger partial charge >= 0.3 is 0 Å². The van der Waals surface area contributed by atoms with Crippen molar-refractivity contribution in [1.29, 1.82) is 0 Å². The summed E-state index contributed by atoms with van der Waals surface area (Å²) in [4.78, 5) is 0. The van der Waals surface area contributed by atoms with E-state index in [0.29, 0.717) is 10.8 Å². The van der Waals surface area contributed by atoms with Gasteiger partial charge < -0.3 is 0 Å². The molecule has 14 heavy (non-hydrogen) atoms. The lowest BCUT2D eigenvalue weighted by Crippen LogP contribution is -2.27. The van der Waals surface area contributed by atoms with Gasteiger partial charge in [0.05, 0.1) is 0 Å². The summed E-state index contributed by atoms with van der Waals surface area (Å²) in [6, 6.07) is 0. The molecule has 2 rings (SSSR count). The molecule has 0 spiro atoms. The van der Waals surface area contributed by atoms with Crippen LogP contribution in [0.5, 0.6) is 0 Å². The van der Waals surface area contributed by atoms with Gasteiger partial charge in [-0.15, -0.1) is 0 Å². The molecule has 0 aliphatic heterocycles. The van der Waals surface area contributed by atoms with Crippen molar-refractivity contribution in [3.63, 3.8) is 0 Å². The minimum atomic E-state index is 0.402. The molecule has 2 aliphatic carbocycles. The fraction of sp³-hybridized carbons (Fsp3) is 0.786. The highest BCUT2D eigenvalue weighted by molar-refractivity contribution is 5.41. The topological polar surface area (TPSA) is 0 Å². The first kappa shape index (κ1) is 10.3. The summed E-state index contributed by atoms with van der Waals surface area (Å²) in [7, 11) is 0. The van der Waals surface area contributed by atoms with Crippen LogP contribution < -0.4 is 0 Å². The second kappa shape index (κ2) is 2.87. The van der Waals surface area contributed by atoms with E-state index in [2.05, 4.69) is 41.0 Å². The number of rotatable bonds is 0. The third-order valence-corrected chi connectivity index (χ3v) is 4.94. The van der Waals surface area contributed by atoms with Gasteiger partial charge in [-0.2, -0.15) is 0 Å². The normalized spacial score (nSPS) is 30.6. The predicted octanol–water partition coefficient (Wildman–Crippen LogP) is 4.37. The number of allylic oxidation sites excluding steroid dienone is 2. The molecule has 0 N–H and O–H groups in total. The average molecular weight is 191 g/mol. The molecule has 1 radical (unpaired) electrons. The smallest absolute Gasteiger partial charge is 0.0105 e. The molecule has 1 unspecified atom stereocenters. The first-order chi connectivity index (χ1) is 6.38. The van der Waals surface area contributed by atoms with Crippen LogP contribution in [0.15, 0.2) is 11.1 Å². The SMILES string of the molecule is CC1C(C)(C)C2=C(CCC[CH]2)C1(C)C. The molecule has 2 aliphatic rings. The van der Waals surface area contributed by atoms with E-state index in [1.165, 1.54) is 19.3 Å². The first-order valence-electron chi connectivity index (χ1n) is 5.96. The quantitative estimate of drug-likeness (QED) is 0.533. The zero-order valence-corrected chi connectivity index (χ0v) is 10.3. The molecule has 0 bridgehead atoms. The Morgan fingerprint density at radius 2 is 1.79 bits per heavy atom. The van der Waals surface area contributed by atoms with Crippen LogP contribution in [0.3, 0.4) is 0 Å². The van der Waals surface area contributed by atoms with E-state index < -0.39 is 0 Å². The molecule has 0 aromatic carbocycles. The second-order valence-electron chi connectivity index (χ2n) is 6.15. The van der Waals surface area contributed by atoms with Crippen molar-refractivity contribution in [2.75, 3.05) is 0 Å². The van der Waals surface area contributed by atoms with Crippen molar-refractivity contribution < 1.29 is 0 Å². The standard InChI is InChI=1S/C14H23/c1-10-13(2,3)11-8-6-7-9-12(11)14(10,4)5/h8,10H,6-7,9H2,1-5H3. The number of hydrogen-bond acceptors (Lipinski definition) is 0. The summed E-state index contributed by atoms with van der Waals surface area (Å²) in [6.45, 7) is 12.1. The molecular weight excluding hydrogens is 168 g/mol. The van der Waals surface area contributed by atoms with Crippen LogP contribution in [0, 0.1) is 23.2 Å². The Balaban J connectivity index is 2.49. The largest absolute Gasteiger partial charge is 0.0642 e. The second-order valence-corrected chi connectivity index (χ2v) is 6.15. The molecule has 0 nitrogen and oxygen atoms in total. The average Bonchev–Trinajstić information content (AvgIpc) is 2.28. The van der Waals surface area contributed by atoms with Gasteiger partial charge in [0.25, 0.3) is 0 Å². The maximum absolute atomic E-state index is 2.50. The fourth-order valence-electron chi connectivity index (χ4n) is 3.50. The summed E-state index contributed by atoms with van der Waals surface area (Å²) >= 11 is 0. The Morgan fingerprint density at radius 3 is 2.36 bits per heavy atom. The highest BCUT2D eigenvalue weighted by Gasteiger charge is 2.49. The van der Waals surface area contributed by atoms with Gasteiger partial charge in [-0.05, 0) is 42.4 Å². The summed E-state index contributed by atoms with van der Waals surface area (Å²) in [5.74, 6) is 0.773. The molecule has 0 heteroatoms. The summed E-state index contributed by atoms with van der Waals surface area (Å²) in [5, 5.41) is 0. The van der Waals surface area contributed by atoms with Crippen molar-refractivity contribution in [2.45, 2.75) is 53.9 Å². The maximum Gasteiger partial charge on any atom is -0.0105 e. The van der Waals surface area contributed by atoms with Gasteiger partial charge in [0.15, 0.2) is 0 Å². The van der Waals surface area contributed by atoms with E-state index >= 15 is 0 Å². The third-order valence-electron chi connectivity index (χ3n) is 4.94. The summed E-state index contributed by atoms with van der Waals surface area (Å²) in [5.41, 5.74) is 4.26. The molecule has 0 heterocycles. The van der Waals surface area contributed by atoms with Gasteiger partial charge in [-0.3, -0.25) is 0 Å². The minimum absolute atomic E-state index is 0.402.